The molecule has 1 heterocycles. The van der Waals surface area contributed by atoms with Crippen LogP contribution in [0, 0.1) is 11.8 Å². The molecule has 14 heavy (non-hydrogen) atoms. The molecule has 1 aromatic rings. The molecule has 0 aliphatic heterocycles. The van der Waals surface area contributed by atoms with Crippen LogP contribution in [0.15, 0.2) is 12.4 Å². The van der Waals surface area contributed by atoms with Gasteiger partial charge in [0, 0.05) is 25.9 Å². The molecule has 1 atom stereocenters. The number of nitrogens with zero attached hydrogens (tertiary/aromatic N) is 2. The maximum atomic E-state index is 5.72. The van der Waals surface area contributed by atoms with Gasteiger partial charge in [-0.3, -0.25) is 0 Å². The highest BCUT2D eigenvalue weighted by atomic mass is 15.0. The molecule has 0 aliphatic rings. The van der Waals surface area contributed by atoms with Gasteiger partial charge < -0.3 is 10.3 Å². The molecule has 3 nitrogen and oxygen atoms in total. The molecule has 0 amide bonds. The van der Waals surface area contributed by atoms with E-state index in [2.05, 4.69) is 23.4 Å². The number of aryl methyl sites for hydroxylation is 2. The minimum atomic E-state index is 0.617. The van der Waals surface area contributed by atoms with Crippen molar-refractivity contribution < 1.29 is 0 Å². The van der Waals surface area contributed by atoms with E-state index in [-0.39, 0.29) is 0 Å². The average molecular weight is 195 g/mol. The van der Waals surface area contributed by atoms with E-state index in [0.29, 0.717) is 11.8 Å². The fraction of sp³-hybridized carbons (Fsp3) is 0.727. The van der Waals surface area contributed by atoms with Crippen LogP contribution in [0.5, 0.6) is 0 Å². The predicted octanol–water partition coefficient (Wildman–Crippen LogP) is 1.58. The second-order valence-electron chi connectivity index (χ2n) is 4.23. The Morgan fingerprint density at radius 3 is 2.64 bits per heavy atom. The van der Waals surface area contributed by atoms with Gasteiger partial charge in [-0.15, -0.1) is 0 Å². The third kappa shape index (κ3) is 2.84. The fourth-order valence-electron chi connectivity index (χ4n) is 1.68. The highest BCUT2D eigenvalue weighted by molar-refractivity contribution is 4.91. The van der Waals surface area contributed by atoms with Gasteiger partial charge in [-0.05, 0) is 24.8 Å². The zero-order valence-corrected chi connectivity index (χ0v) is 9.40. The molecular weight excluding hydrogens is 174 g/mol. The van der Waals surface area contributed by atoms with Crippen LogP contribution in [0.4, 0.5) is 0 Å². The first-order chi connectivity index (χ1) is 6.65. The van der Waals surface area contributed by atoms with Crippen molar-refractivity contribution in [2.45, 2.75) is 26.7 Å². The highest BCUT2D eigenvalue weighted by Crippen LogP contribution is 2.15. The van der Waals surface area contributed by atoms with Crippen LogP contribution in [-0.4, -0.2) is 16.1 Å². The van der Waals surface area contributed by atoms with Crippen molar-refractivity contribution >= 4 is 0 Å². The monoisotopic (exact) mass is 195 g/mol. The first-order valence-electron chi connectivity index (χ1n) is 5.31. The minimum absolute atomic E-state index is 0.617. The van der Waals surface area contributed by atoms with Gasteiger partial charge in [-0.25, -0.2) is 4.98 Å². The van der Waals surface area contributed by atoms with Crippen LogP contribution in [-0.2, 0) is 13.5 Å². The molecule has 0 saturated carbocycles. The summed E-state index contributed by atoms with van der Waals surface area (Å²) < 4.78 is 2.08. The van der Waals surface area contributed by atoms with E-state index in [9.17, 15) is 0 Å². The minimum Gasteiger partial charge on any atom is -0.338 e. The second-order valence-corrected chi connectivity index (χ2v) is 4.23. The smallest absolute Gasteiger partial charge is 0.108 e. The summed E-state index contributed by atoms with van der Waals surface area (Å²) in [7, 11) is 2.04. The van der Waals surface area contributed by atoms with Crippen molar-refractivity contribution in [3.05, 3.63) is 18.2 Å². The number of hydrogen-bond donors (Lipinski definition) is 1. The molecule has 0 bridgehead atoms. The predicted molar refractivity (Wildman–Crippen MR) is 58.9 cm³/mol. The van der Waals surface area contributed by atoms with Crippen LogP contribution in [0.1, 0.15) is 26.1 Å². The Hall–Kier alpha value is -0.830. The van der Waals surface area contributed by atoms with Gasteiger partial charge in [0.25, 0.3) is 0 Å². The summed E-state index contributed by atoms with van der Waals surface area (Å²) in [6.07, 6.45) is 6.01. The SMILES string of the molecule is CC(C)C(CN)CCc1nccn1C. The molecule has 2 N–H and O–H groups in total. The highest BCUT2D eigenvalue weighted by Gasteiger charge is 2.12. The number of imidazole rings is 1. The van der Waals surface area contributed by atoms with Crippen molar-refractivity contribution in [2.75, 3.05) is 6.54 Å². The van der Waals surface area contributed by atoms with E-state index in [1.165, 1.54) is 0 Å². The Balaban J connectivity index is 2.43. The van der Waals surface area contributed by atoms with Crippen LogP contribution in [0.25, 0.3) is 0 Å². The Kier molecular flexibility index (Phi) is 4.14. The normalized spacial score (nSPS) is 13.5. The molecule has 0 saturated heterocycles. The lowest BCUT2D eigenvalue weighted by Crippen LogP contribution is -2.20. The first kappa shape index (κ1) is 11.2. The third-order valence-electron chi connectivity index (χ3n) is 2.91. The van der Waals surface area contributed by atoms with Crippen molar-refractivity contribution in [1.82, 2.24) is 9.55 Å². The van der Waals surface area contributed by atoms with Crippen molar-refractivity contribution in [3.8, 4) is 0 Å². The quantitative estimate of drug-likeness (QED) is 0.775. The summed E-state index contributed by atoms with van der Waals surface area (Å²) in [4.78, 5) is 4.30. The van der Waals surface area contributed by atoms with E-state index in [4.69, 9.17) is 5.73 Å². The lowest BCUT2D eigenvalue weighted by atomic mass is 9.91. The average Bonchev–Trinajstić information content (AvgIpc) is 2.52. The standard InChI is InChI=1S/C11H21N3/c1-9(2)10(8-12)4-5-11-13-6-7-14(11)3/h6-7,9-10H,4-5,8,12H2,1-3H3. The molecule has 0 fully saturated rings. The van der Waals surface area contributed by atoms with E-state index in [0.717, 1.165) is 25.2 Å². The summed E-state index contributed by atoms with van der Waals surface area (Å²) >= 11 is 0. The van der Waals surface area contributed by atoms with Gasteiger partial charge in [-0.1, -0.05) is 13.8 Å². The van der Waals surface area contributed by atoms with Crippen molar-refractivity contribution in [3.63, 3.8) is 0 Å². The fourth-order valence-corrected chi connectivity index (χ4v) is 1.68. The number of hydrogen-bond acceptors (Lipinski definition) is 2. The molecular formula is C11H21N3. The van der Waals surface area contributed by atoms with Gasteiger partial charge in [0.2, 0.25) is 0 Å². The van der Waals surface area contributed by atoms with Gasteiger partial charge in [-0.2, -0.15) is 0 Å². The maximum absolute atomic E-state index is 5.72. The van der Waals surface area contributed by atoms with Crippen LogP contribution < -0.4 is 5.73 Å². The molecule has 0 radical (unpaired) electrons. The molecule has 0 aliphatic carbocycles. The van der Waals surface area contributed by atoms with Crippen molar-refractivity contribution in [2.24, 2.45) is 24.6 Å². The third-order valence-corrected chi connectivity index (χ3v) is 2.91. The molecule has 1 unspecified atom stereocenters. The Labute approximate surface area is 86.3 Å². The molecule has 0 spiro atoms. The van der Waals surface area contributed by atoms with Gasteiger partial charge in [0.1, 0.15) is 5.82 Å². The van der Waals surface area contributed by atoms with Gasteiger partial charge in [0.05, 0.1) is 0 Å². The molecule has 0 aromatic carbocycles. The lowest BCUT2D eigenvalue weighted by molar-refractivity contribution is 0.365. The van der Waals surface area contributed by atoms with Gasteiger partial charge >= 0.3 is 0 Å². The van der Waals surface area contributed by atoms with Gasteiger partial charge in [0.15, 0.2) is 0 Å². The summed E-state index contributed by atoms with van der Waals surface area (Å²) in [6.45, 7) is 5.24. The van der Waals surface area contributed by atoms with Crippen LogP contribution in [0.3, 0.4) is 0 Å². The van der Waals surface area contributed by atoms with Crippen LogP contribution >= 0.6 is 0 Å². The number of nitrogens with two attached hydrogens (primary N) is 1. The molecule has 1 aromatic heterocycles. The Morgan fingerprint density at radius 1 is 1.50 bits per heavy atom. The summed E-state index contributed by atoms with van der Waals surface area (Å²) in [6, 6.07) is 0. The Bertz CT molecular complexity index is 265. The van der Waals surface area contributed by atoms with E-state index in [1.807, 2.05) is 19.4 Å². The zero-order chi connectivity index (χ0) is 10.6. The topological polar surface area (TPSA) is 43.8 Å². The lowest BCUT2D eigenvalue weighted by Gasteiger charge is -2.18. The first-order valence-corrected chi connectivity index (χ1v) is 5.31. The van der Waals surface area contributed by atoms with E-state index >= 15 is 0 Å². The van der Waals surface area contributed by atoms with E-state index in [1.54, 1.807) is 0 Å². The number of rotatable bonds is 5. The largest absolute Gasteiger partial charge is 0.338 e. The van der Waals surface area contributed by atoms with Crippen molar-refractivity contribution in [1.29, 1.82) is 0 Å². The Morgan fingerprint density at radius 2 is 2.21 bits per heavy atom. The second kappa shape index (κ2) is 5.15. The van der Waals surface area contributed by atoms with Crippen LogP contribution in [0.2, 0.25) is 0 Å². The summed E-state index contributed by atoms with van der Waals surface area (Å²) in [5, 5.41) is 0. The maximum Gasteiger partial charge on any atom is 0.108 e. The van der Waals surface area contributed by atoms with E-state index < -0.39 is 0 Å². The molecule has 80 valence electrons. The number of aromatic nitrogens is 2. The zero-order valence-electron chi connectivity index (χ0n) is 9.40. The summed E-state index contributed by atoms with van der Waals surface area (Å²) in [5.41, 5.74) is 5.72. The molecule has 1 rings (SSSR count). The summed E-state index contributed by atoms with van der Waals surface area (Å²) in [5.74, 6) is 2.44. The molecule has 3 heteroatoms.